The second-order valence-corrected chi connectivity index (χ2v) is 4.54. The summed E-state index contributed by atoms with van der Waals surface area (Å²) in [5, 5.41) is 11.8. The van der Waals surface area contributed by atoms with Gasteiger partial charge in [0.15, 0.2) is 0 Å². The van der Waals surface area contributed by atoms with E-state index < -0.39 is 0 Å². The van der Waals surface area contributed by atoms with Crippen molar-refractivity contribution in [2.24, 2.45) is 0 Å². The largest absolute Gasteiger partial charge is 0.395 e. The van der Waals surface area contributed by atoms with Crippen LogP contribution in [0.1, 0.15) is 26.2 Å². The fraction of sp³-hybridized carbons (Fsp3) is 0.917. The minimum absolute atomic E-state index is 0.157. The van der Waals surface area contributed by atoms with Gasteiger partial charge in [0.05, 0.1) is 13.3 Å². The molecule has 100 valence electrons. The van der Waals surface area contributed by atoms with Crippen molar-refractivity contribution in [2.75, 3.05) is 46.0 Å². The van der Waals surface area contributed by atoms with Crippen molar-refractivity contribution in [2.45, 2.75) is 26.2 Å². The number of aliphatic hydroxyl groups is 1. The molecule has 1 saturated heterocycles. The summed E-state index contributed by atoms with van der Waals surface area (Å²) in [5.41, 5.74) is 0. The van der Waals surface area contributed by atoms with Gasteiger partial charge in [0.2, 0.25) is 5.91 Å². The summed E-state index contributed by atoms with van der Waals surface area (Å²) in [7, 11) is 0. The van der Waals surface area contributed by atoms with Gasteiger partial charge < -0.3 is 10.4 Å². The SMILES string of the molecule is CCCCC(=O)NCN1CCN(CCO)CC1. The zero-order valence-electron chi connectivity index (χ0n) is 10.8. The maximum atomic E-state index is 11.4. The number of piperazine rings is 1. The van der Waals surface area contributed by atoms with Crippen LogP contribution in [0.5, 0.6) is 0 Å². The smallest absolute Gasteiger partial charge is 0.220 e. The van der Waals surface area contributed by atoms with Crippen molar-refractivity contribution in [3.05, 3.63) is 0 Å². The molecule has 0 saturated carbocycles. The third-order valence-corrected chi connectivity index (χ3v) is 3.14. The Morgan fingerprint density at radius 3 is 2.47 bits per heavy atom. The molecule has 5 nitrogen and oxygen atoms in total. The topological polar surface area (TPSA) is 55.8 Å². The van der Waals surface area contributed by atoms with Crippen molar-refractivity contribution < 1.29 is 9.90 Å². The van der Waals surface area contributed by atoms with Crippen LogP contribution in [-0.2, 0) is 4.79 Å². The number of hydrogen-bond acceptors (Lipinski definition) is 4. The number of nitrogens with zero attached hydrogens (tertiary/aromatic N) is 2. The molecule has 0 bridgehead atoms. The quantitative estimate of drug-likeness (QED) is 0.653. The minimum atomic E-state index is 0.157. The highest BCUT2D eigenvalue weighted by Gasteiger charge is 2.16. The van der Waals surface area contributed by atoms with Gasteiger partial charge in [0.25, 0.3) is 0 Å². The fourth-order valence-electron chi connectivity index (χ4n) is 1.94. The van der Waals surface area contributed by atoms with E-state index in [2.05, 4.69) is 22.0 Å². The molecular weight excluding hydrogens is 218 g/mol. The summed E-state index contributed by atoms with van der Waals surface area (Å²) in [6, 6.07) is 0. The Morgan fingerprint density at radius 1 is 1.24 bits per heavy atom. The maximum absolute atomic E-state index is 11.4. The van der Waals surface area contributed by atoms with E-state index in [-0.39, 0.29) is 12.5 Å². The molecule has 1 aliphatic rings. The lowest BCUT2D eigenvalue weighted by Crippen LogP contribution is -2.50. The summed E-state index contributed by atoms with van der Waals surface area (Å²) < 4.78 is 0. The molecular formula is C12H25N3O2. The van der Waals surface area contributed by atoms with E-state index in [4.69, 9.17) is 5.11 Å². The average Bonchev–Trinajstić information content (AvgIpc) is 2.36. The van der Waals surface area contributed by atoms with E-state index in [0.29, 0.717) is 13.1 Å². The van der Waals surface area contributed by atoms with Gasteiger partial charge in [-0.05, 0) is 6.42 Å². The van der Waals surface area contributed by atoms with Gasteiger partial charge in [0.1, 0.15) is 0 Å². The van der Waals surface area contributed by atoms with Crippen LogP contribution in [-0.4, -0.2) is 66.8 Å². The normalized spacial score (nSPS) is 18.2. The van der Waals surface area contributed by atoms with Gasteiger partial charge in [-0.25, -0.2) is 0 Å². The van der Waals surface area contributed by atoms with Crippen LogP contribution in [0.2, 0.25) is 0 Å². The Morgan fingerprint density at radius 2 is 1.88 bits per heavy atom. The van der Waals surface area contributed by atoms with Crippen LogP contribution < -0.4 is 5.32 Å². The Hall–Kier alpha value is -0.650. The van der Waals surface area contributed by atoms with Crippen molar-refractivity contribution in [3.63, 3.8) is 0 Å². The van der Waals surface area contributed by atoms with E-state index in [1.807, 2.05) is 0 Å². The number of hydrogen-bond donors (Lipinski definition) is 2. The molecule has 1 amide bonds. The molecule has 1 heterocycles. The van der Waals surface area contributed by atoms with E-state index in [0.717, 1.165) is 45.6 Å². The molecule has 0 radical (unpaired) electrons. The molecule has 0 spiro atoms. The highest BCUT2D eigenvalue weighted by molar-refractivity contribution is 5.75. The second-order valence-electron chi connectivity index (χ2n) is 4.54. The molecule has 0 unspecified atom stereocenters. The summed E-state index contributed by atoms with van der Waals surface area (Å²) in [6.45, 7) is 7.63. The molecule has 2 N–H and O–H groups in total. The Balaban J connectivity index is 2.07. The molecule has 0 aromatic rings. The van der Waals surface area contributed by atoms with Gasteiger partial charge in [0, 0.05) is 39.1 Å². The van der Waals surface area contributed by atoms with Gasteiger partial charge in [-0.3, -0.25) is 14.6 Å². The van der Waals surface area contributed by atoms with Crippen LogP contribution in [0.25, 0.3) is 0 Å². The number of rotatable bonds is 7. The number of aliphatic hydroxyl groups excluding tert-OH is 1. The highest BCUT2D eigenvalue weighted by Crippen LogP contribution is 2.00. The number of carbonyl (C=O) groups is 1. The number of β-amino-alcohol motifs (C(OH)–C–C–N with tert-alkyl or cyclic N) is 1. The van der Waals surface area contributed by atoms with Crippen LogP contribution in [0.3, 0.4) is 0 Å². The number of nitrogens with one attached hydrogen (secondary N) is 1. The van der Waals surface area contributed by atoms with Crippen LogP contribution in [0, 0.1) is 0 Å². The van der Waals surface area contributed by atoms with Crippen LogP contribution >= 0.6 is 0 Å². The maximum Gasteiger partial charge on any atom is 0.220 e. The van der Waals surface area contributed by atoms with Crippen molar-refractivity contribution in [3.8, 4) is 0 Å². The van der Waals surface area contributed by atoms with E-state index in [9.17, 15) is 4.79 Å². The van der Waals surface area contributed by atoms with Crippen molar-refractivity contribution in [1.29, 1.82) is 0 Å². The molecule has 0 aliphatic carbocycles. The third-order valence-electron chi connectivity index (χ3n) is 3.14. The lowest BCUT2D eigenvalue weighted by molar-refractivity contribution is -0.122. The predicted molar refractivity (Wildman–Crippen MR) is 67.6 cm³/mol. The molecule has 0 aromatic heterocycles. The number of unbranched alkanes of at least 4 members (excludes halogenated alkanes) is 1. The standard InChI is InChI=1S/C12H25N3O2/c1-2-3-4-12(17)13-11-15-7-5-14(6-8-15)9-10-16/h16H,2-11H2,1H3,(H,13,17). The summed E-state index contributed by atoms with van der Waals surface area (Å²) in [6.07, 6.45) is 2.67. The first kappa shape index (κ1) is 14.4. The molecule has 5 heteroatoms. The second kappa shape index (κ2) is 8.44. The zero-order valence-corrected chi connectivity index (χ0v) is 10.8. The molecule has 0 aromatic carbocycles. The van der Waals surface area contributed by atoms with Gasteiger partial charge in [-0.15, -0.1) is 0 Å². The average molecular weight is 243 g/mol. The van der Waals surface area contributed by atoms with E-state index in [1.165, 1.54) is 0 Å². The summed E-state index contributed by atoms with van der Waals surface area (Å²) in [4.78, 5) is 15.9. The Kier molecular flexibility index (Phi) is 7.16. The summed E-state index contributed by atoms with van der Waals surface area (Å²) >= 11 is 0. The van der Waals surface area contributed by atoms with Gasteiger partial charge >= 0.3 is 0 Å². The number of amides is 1. The first-order valence-electron chi connectivity index (χ1n) is 6.58. The minimum Gasteiger partial charge on any atom is -0.395 e. The first-order valence-corrected chi connectivity index (χ1v) is 6.58. The monoisotopic (exact) mass is 243 g/mol. The predicted octanol–water partition coefficient (Wildman–Crippen LogP) is -0.140. The third kappa shape index (κ3) is 6.00. The van der Waals surface area contributed by atoms with Crippen LogP contribution in [0.15, 0.2) is 0 Å². The molecule has 1 fully saturated rings. The molecule has 0 atom stereocenters. The lowest BCUT2D eigenvalue weighted by atomic mass is 10.2. The highest BCUT2D eigenvalue weighted by atomic mass is 16.3. The van der Waals surface area contributed by atoms with Gasteiger partial charge in [-0.2, -0.15) is 0 Å². The molecule has 1 aliphatic heterocycles. The fourth-order valence-corrected chi connectivity index (χ4v) is 1.94. The molecule has 17 heavy (non-hydrogen) atoms. The van der Waals surface area contributed by atoms with E-state index >= 15 is 0 Å². The van der Waals surface area contributed by atoms with E-state index in [1.54, 1.807) is 0 Å². The zero-order chi connectivity index (χ0) is 12.5. The van der Waals surface area contributed by atoms with Gasteiger partial charge in [-0.1, -0.05) is 13.3 Å². The summed E-state index contributed by atoms with van der Waals surface area (Å²) in [5.74, 6) is 0.157. The Bertz CT molecular complexity index is 216. The first-order chi connectivity index (χ1) is 8.26. The van der Waals surface area contributed by atoms with Crippen molar-refractivity contribution in [1.82, 2.24) is 15.1 Å². The van der Waals surface area contributed by atoms with Crippen LogP contribution in [0.4, 0.5) is 0 Å². The Labute approximate surface area is 104 Å². The number of carbonyl (C=O) groups excluding carboxylic acids is 1. The molecule has 1 rings (SSSR count). The van der Waals surface area contributed by atoms with Crippen molar-refractivity contribution >= 4 is 5.91 Å². The lowest BCUT2D eigenvalue weighted by Gasteiger charge is -2.34.